The van der Waals surface area contributed by atoms with E-state index < -0.39 is 0 Å². The molecule has 0 saturated heterocycles. The molecule has 0 bridgehead atoms. The van der Waals surface area contributed by atoms with Crippen molar-refractivity contribution in [3.63, 3.8) is 0 Å². The standard InChI is InChI=1S/C23H25N7OS/c1-26(2)12-13-28(15-18-10-8-17(14-24)9-11-18)16-29-23(32)30-20-7-5-4-6-19(20)21(31)27(3)22(30)25-29/h4-11H,12-13,15-16H2,1-3H3. The minimum atomic E-state index is -0.0951. The van der Waals surface area contributed by atoms with Gasteiger partial charge < -0.3 is 4.90 Å². The third kappa shape index (κ3) is 4.21. The number of aromatic nitrogens is 4. The van der Waals surface area contributed by atoms with Gasteiger partial charge in [-0.05, 0) is 56.1 Å². The Hall–Kier alpha value is -3.32. The summed E-state index contributed by atoms with van der Waals surface area (Å²) in [5.41, 5.74) is 2.41. The van der Waals surface area contributed by atoms with Crippen molar-refractivity contribution in [1.29, 1.82) is 5.26 Å². The molecule has 0 aliphatic heterocycles. The van der Waals surface area contributed by atoms with Crippen LogP contribution in [0.2, 0.25) is 0 Å². The van der Waals surface area contributed by atoms with E-state index >= 15 is 0 Å². The fourth-order valence-corrected chi connectivity index (χ4v) is 3.99. The first kappa shape index (κ1) is 21.9. The largest absolute Gasteiger partial charge is 0.308 e. The molecule has 0 radical (unpaired) electrons. The van der Waals surface area contributed by atoms with Gasteiger partial charge in [0.15, 0.2) is 0 Å². The van der Waals surface area contributed by atoms with Gasteiger partial charge in [-0.1, -0.05) is 24.3 Å². The van der Waals surface area contributed by atoms with Gasteiger partial charge in [0.05, 0.1) is 29.2 Å². The summed E-state index contributed by atoms with van der Waals surface area (Å²) in [6.45, 7) is 2.85. The number of likely N-dealkylation sites (N-methyl/N-ethyl adjacent to an activating group) is 1. The van der Waals surface area contributed by atoms with Crippen LogP contribution in [-0.2, 0) is 20.3 Å². The van der Waals surface area contributed by atoms with Gasteiger partial charge in [0.25, 0.3) is 5.56 Å². The Balaban J connectivity index is 1.73. The predicted molar refractivity (Wildman–Crippen MR) is 127 cm³/mol. The van der Waals surface area contributed by atoms with E-state index in [0.29, 0.717) is 34.7 Å². The first-order valence-electron chi connectivity index (χ1n) is 10.3. The van der Waals surface area contributed by atoms with E-state index in [1.807, 2.05) is 67.0 Å². The Bertz CT molecular complexity index is 1420. The van der Waals surface area contributed by atoms with Gasteiger partial charge in [-0.15, -0.1) is 5.10 Å². The maximum Gasteiger partial charge on any atom is 0.262 e. The zero-order valence-corrected chi connectivity index (χ0v) is 19.2. The van der Waals surface area contributed by atoms with Crippen molar-refractivity contribution < 1.29 is 0 Å². The predicted octanol–water partition coefficient (Wildman–Crippen LogP) is 2.61. The van der Waals surface area contributed by atoms with E-state index in [0.717, 1.165) is 24.2 Å². The number of nitriles is 1. The van der Waals surface area contributed by atoms with E-state index in [1.54, 1.807) is 16.3 Å². The molecule has 0 N–H and O–H groups in total. The lowest BCUT2D eigenvalue weighted by molar-refractivity contribution is 0.179. The van der Waals surface area contributed by atoms with Gasteiger partial charge in [0.2, 0.25) is 10.5 Å². The highest BCUT2D eigenvalue weighted by molar-refractivity contribution is 7.71. The molecule has 4 rings (SSSR count). The van der Waals surface area contributed by atoms with Crippen LogP contribution in [0.4, 0.5) is 0 Å². The number of fused-ring (bicyclic) bond motifs is 3. The second-order valence-electron chi connectivity index (χ2n) is 8.10. The molecule has 9 heteroatoms. The second kappa shape index (κ2) is 9.04. The summed E-state index contributed by atoms with van der Waals surface area (Å²) in [5.74, 6) is 0.518. The van der Waals surface area contributed by atoms with Crippen LogP contribution in [0.1, 0.15) is 11.1 Å². The Labute approximate surface area is 191 Å². The fraction of sp³-hybridized carbons (Fsp3) is 0.304. The van der Waals surface area contributed by atoms with Crippen LogP contribution in [0, 0.1) is 16.1 Å². The molecule has 32 heavy (non-hydrogen) atoms. The molecule has 0 aliphatic rings. The van der Waals surface area contributed by atoms with Crippen molar-refractivity contribution >= 4 is 28.9 Å². The van der Waals surface area contributed by atoms with Gasteiger partial charge in [-0.3, -0.25) is 18.7 Å². The van der Waals surface area contributed by atoms with Crippen LogP contribution in [0.5, 0.6) is 0 Å². The van der Waals surface area contributed by atoms with E-state index in [4.69, 9.17) is 22.6 Å². The van der Waals surface area contributed by atoms with Crippen LogP contribution in [0.25, 0.3) is 16.7 Å². The summed E-state index contributed by atoms with van der Waals surface area (Å²) in [6.07, 6.45) is 0. The smallest absolute Gasteiger partial charge is 0.262 e. The molecule has 0 amide bonds. The van der Waals surface area contributed by atoms with Crippen molar-refractivity contribution in [3.05, 3.63) is 74.8 Å². The van der Waals surface area contributed by atoms with Crippen molar-refractivity contribution in [2.75, 3.05) is 27.2 Å². The molecule has 0 fully saturated rings. The minimum Gasteiger partial charge on any atom is -0.308 e. The normalized spacial score (nSPS) is 11.6. The highest BCUT2D eigenvalue weighted by atomic mass is 32.1. The highest BCUT2D eigenvalue weighted by Crippen LogP contribution is 2.15. The van der Waals surface area contributed by atoms with Crippen molar-refractivity contribution in [3.8, 4) is 6.07 Å². The SMILES string of the molecule is CN(C)CCN(Cc1ccc(C#N)cc1)Cn1nc2n(C)c(=O)c3ccccc3n2c1=S. The van der Waals surface area contributed by atoms with Crippen LogP contribution < -0.4 is 5.56 Å². The molecule has 0 saturated carbocycles. The molecular weight excluding hydrogens is 422 g/mol. The molecule has 2 aromatic heterocycles. The monoisotopic (exact) mass is 447 g/mol. The van der Waals surface area contributed by atoms with E-state index in [1.165, 1.54) is 0 Å². The van der Waals surface area contributed by atoms with Crippen molar-refractivity contribution in [2.24, 2.45) is 7.05 Å². The molecule has 8 nitrogen and oxygen atoms in total. The third-order valence-corrected chi connectivity index (χ3v) is 5.88. The molecule has 0 spiro atoms. The van der Waals surface area contributed by atoms with Gasteiger partial charge in [0.1, 0.15) is 0 Å². The molecule has 0 atom stereocenters. The average molecular weight is 448 g/mol. The third-order valence-electron chi connectivity index (χ3n) is 5.49. The number of rotatable bonds is 7. The van der Waals surface area contributed by atoms with E-state index in [-0.39, 0.29) is 5.56 Å². The Morgan fingerprint density at radius 3 is 2.50 bits per heavy atom. The number of benzene rings is 2. The molecule has 2 heterocycles. The molecule has 0 aliphatic carbocycles. The first-order chi connectivity index (χ1) is 15.4. The van der Waals surface area contributed by atoms with Gasteiger partial charge in [-0.2, -0.15) is 5.26 Å². The van der Waals surface area contributed by atoms with Crippen LogP contribution in [-0.4, -0.2) is 55.7 Å². The molecule has 164 valence electrons. The Morgan fingerprint density at radius 2 is 1.81 bits per heavy atom. The van der Waals surface area contributed by atoms with Crippen LogP contribution in [0.15, 0.2) is 53.3 Å². The summed E-state index contributed by atoms with van der Waals surface area (Å²) in [7, 11) is 5.80. The van der Waals surface area contributed by atoms with Crippen molar-refractivity contribution in [2.45, 2.75) is 13.2 Å². The average Bonchev–Trinajstić information content (AvgIpc) is 3.12. The number of nitrogens with zero attached hydrogens (tertiary/aromatic N) is 7. The Kier molecular flexibility index (Phi) is 6.19. The lowest BCUT2D eigenvalue weighted by Gasteiger charge is -2.24. The zero-order valence-electron chi connectivity index (χ0n) is 18.4. The summed E-state index contributed by atoms with van der Waals surface area (Å²) in [5, 5.41) is 14.4. The second-order valence-corrected chi connectivity index (χ2v) is 8.47. The van der Waals surface area contributed by atoms with Crippen LogP contribution in [0.3, 0.4) is 0 Å². The first-order valence-corrected chi connectivity index (χ1v) is 10.7. The quantitative estimate of drug-likeness (QED) is 0.406. The lowest BCUT2D eigenvalue weighted by Crippen LogP contribution is -2.33. The molecular formula is C23H25N7OS. The Morgan fingerprint density at radius 1 is 1.09 bits per heavy atom. The van der Waals surface area contributed by atoms with Crippen LogP contribution >= 0.6 is 12.2 Å². The summed E-state index contributed by atoms with van der Waals surface area (Å²) >= 11 is 5.78. The maximum atomic E-state index is 12.8. The van der Waals surface area contributed by atoms with Crippen molar-refractivity contribution in [1.82, 2.24) is 28.5 Å². The lowest BCUT2D eigenvalue weighted by atomic mass is 10.1. The number of para-hydroxylation sites is 1. The summed E-state index contributed by atoms with van der Waals surface area (Å²) in [4.78, 5) is 17.2. The number of hydrogen-bond donors (Lipinski definition) is 0. The molecule has 4 aromatic rings. The zero-order chi connectivity index (χ0) is 22.8. The molecule has 0 unspecified atom stereocenters. The maximum absolute atomic E-state index is 12.8. The number of hydrogen-bond acceptors (Lipinski definition) is 6. The molecule has 2 aromatic carbocycles. The number of aryl methyl sites for hydroxylation is 1. The fourth-order valence-electron chi connectivity index (χ4n) is 3.71. The summed E-state index contributed by atoms with van der Waals surface area (Å²) < 4.78 is 5.72. The van der Waals surface area contributed by atoms with E-state index in [9.17, 15) is 4.79 Å². The van der Waals surface area contributed by atoms with Gasteiger partial charge in [-0.25, -0.2) is 4.68 Å². The highest BCUT2D eigenvalue weighted by Gasteiger charge is 2.16. The minimum absolute atomic E-state index is 0.0951. The topological polar surface area (TPSA) is 74.5 Å². The van der Waals surface area contributed by atoms with Gasteiger partial charge >= 0.3 is 0 Å². The van der Waals surface area contributed by atoms with E-state index in [2.05, 4.69) is 15.9 Å². The van der Waals surface area contributed by atoms with Gasteiger partial charge in [0, 0.05) is 26.7 Å². The summed E-state index contributed by atoms with van der Waals surface area (Å²) in [6, 6.07) is 17.2.